The SMILES string of the molecule is NS(=O)(=O)c1ccc(-n2cc(-c3cccc(Cl)c3)nc2-c2ccc(Cl)cc2)cc1. The summed E-state index contributed by atoms with van der Waals surface area (Å²) in [6, 6.07) is 21.1. The summed E-state index contributed by atoms with van der Waals surface area (Å²) in [6.45, 7) is 0. The molecule has 8 heteroatoms. The highest BCUT2D eigenvalue weighted by atomic mass is 35.5. The molecular weight excluding hydrogens is 429 g/mol. The summed E-state index contributed by atoms with van der Waals surface area (Å²) in [4.78, 5) is 4.83. The van der Waals surface area contributed by atoms with Gasteiger partial charge in [-0.25, -0.2) is 18.5 Å². The van der Waals surface area contributed by atoms with Crippen LogP contribution in [-0.4, -0.2) is 18.0 Å². The second-order valence-electron chi connectivity index (χ2n) is 6.38. The van der Waals surface area contributed by atoms with E-state index in [0.29, 0.717) is 15.9 Å². The minimum Gasteiger partial charge on any atom is -0.299 e. The van der Waals surface area contributed by atoms with Gasteiger partial charge in [0.2, 0.25) is 10.0 Å². The molecule has 0 saturated heterocycles. The number of hydrogen-bond acceptors (Lipinski definition) is 3. The molecule has 1 aromatic heterocycles. The Morgan fingerprint density at radius 1 is 0.828 bits per heavy atom. The molecule has 1 heterocycles. The van der Waals surface area contributed by atoms with Crippen molar-refractivity contribution in [1.82, 2.24) is 9.55 Å². The van der Waals surface area contributed by atoms with Crippen LogP contribution in [0.3, 0.4) is 0 Å². The Labute approximate surface area is 178 Å². The van der Waals surface area contributed by atoms with Crippen molar-refractivity contribution in [2.45, 2.75) is 4.90 Å². The Morgan fingerprint density at radius 3 is 2.14 bits per heavy atom. The monoisotopic (exact) mass is 443 g/mol. The highest BCUT2D eigenvalue weighted by molar-refractivity contribution is 7.89. The minimum atomic E-state index is -3.77. The molecule has 0 unspecified atom stereocenters. The van der Waals surface area contributed by atoms with Crippen LogP contribution in [-0.2, 0) is 10.0 Å². The van der Waals surface area contributed by atoms with Crippen LogP contribution in [0.4, 0.5) is 0 Å². The number of halogens is 2. The predicted molar refractivity (Wildman–Crippen MR) is 116 cm³/mol. The van der Waals surface area contributed by atoms with Crippen molar-refractivity contribution in [3.8, 4) is 28.3 Å². The lowest BCUT2D eigenvalue weighted by Gasteiger charge is -2.08. The number of primary sulfonamides is 1. The summed E-state index contributed by atoms with van der Waals surface area (Å²) in [5, 5.41) is 6.44. The van der Waals surface area contributed by atoms with E-state index in [1.54, 1.807) is 30.3 Å². The first kappa shape index (κ1) is 19.7. The van der Waals surface area contributed by atoms with Gasteiger partial charge in [-0.3, -0.25) is 4.57 Å². The van der Waals surface area contributed by atoms with Gasteiger partial charge in [0.05, 0.1) is 10.6 Å². The lowest BCUT2D eigenvalue weighted by Crippen LogP contribution is -2.12. The Morgan fingerprint density at radius 2 is 1.52 bits per heavy atom. The zero-order valence-corrected chi connectivity index (χ0v) is 17.3. The van der Waals surface area contributed by atoms with Crippen molar-refractivity contribution in [3.05, 3.63) is 89.0 Å². The molecule has 0 aliphatic rings. The van der Waals surface area contributed by atoms with Crippen LogP contribution < -0.4 is 5.14 Å². The lowest BCUT2D eigenvalue weighted by molar-refractivity contribution is 0.598. The molecule has 0 fully saturated rings. The van der Waals surface area contributed by atoms with E-state index in [9.17, 15) is 8.42 Å². The second kappa shape index (κ2) is 7.65. The summed E-state index contributed by atoms with van der Waals surface area (Å²) >= 11 is 12.2. The maximum absolute atomic E-state index is 11.6. The van der Waals surface area contributed by atoms with Crippen LogP contribution in [0, 0.1) is 0 Å². The molecule has 0 radical (unpaired) electrons. The molecule has 0 spiro atoms. The van der Waals surface area contributed by atoms with E-state index in [2.05, 4.69) is 0 Å². The van der Waals surface area contributed by atoms with Crippen LogP contribution in [0.2, 0.25) is 10.0 Å². The zero-order chi connectivity index (χ0) is 20.6. The van der Waals surface area contributed by atoms with E-state index >= 15 is 0 Å². The molecule has 0 aliphatic carbocycles. The van der Waals surface area contributed by atoms with Crippen LogP contribution >= 0.6 is 23.2 Å². The van der Waals surface area contributed by atoms with E-state index in [-0.39, 0.29) is 4.90 Å². The smallest absolute Gasteiger partial charge is 0.238 e. The van der Waals surface area contributed by atoms with Crippen molar-refractivity contribution in [2.24, 2.45) is 5.14 Å². The molecule has 0 bridgehead atoms. The van der Waals surface area contributed by atoms with Gasteiger partial charge < -0.3 is 0 Å². The molecule has 2 N–H and O–H groups in total. The number of nitrogens with zero attached hydrogens (tertiary/aromatic N) is 2. The molecule has 146 valence electrons. The molecule has 0 saturated carbocycles. The van der Waals surface area contributed by atoms with E-state index in [1.807, 2.05) is 41.1 Å². The van der Waals surface area contributed by atoms with E-state index in [0.717, 1.165) is 22.5 Å². The summed E-state index contributed by atoms with van der Waals surface area (Å²) in [6.07, 6.45) is 1.88. The van der Waals surface area contributed by atoms with Crippen molar-refractivity contribution in [2.75, 3.05) is 0 Å². The normalized spacial score (nSPS) is 11.6. The zero-order valence-electron chi connectivity index (χ0n) is 15.0. The first-order valence-electron chi connectivity index (χ1n) is 8.56. The van der Waals surface area contributed by atoms with Crippen LogP contribution in [0.5, 0.6) is 0 Å². The fraction of sp³-hybridized carbons (Fsp3) is 0. The van der Waals surface area contributed by atoms with Crippen molar-refractivity contribution in [1.29, 1.82) is 0 Å². The average Bonchev–Trinajstić information content (AvgIpc) is 3.13. The topological polar surface area (TPSA) is 78.0 Å². The number of hydrogen-bond donors (Lipinski definition) is 1. The third kappa shape index (κ3) is 4.21. The van der Waals surface area contributed by atoms with E-state index in [4.69, 9.17) is 33.3 Å². The van der Waals surface area contributed by atoms with Crippen LogP contribution in [0.1, 0.15) is 0 Å². The number of aromatic nitrogens is 2. The summed E-state index contributed by atoms with van der Waals surface area (Å²) < 4.78 is 25.0. The van der Waals surface area contributed by atoms with Crippen molar-refractivity contribution in [3.63, 3.8) is 0 Å². The predicted octanol–water partition coefficient (Wildman–Crippen LogP) is 5.16. The van der Waals surface area contributed by atoms with E-state index < -0.39 is 10.0 Å². The van der Waals surface area contributed by atoms with Gasteiger partial charge in [-0.2, -0.15) is 0 Å². The van der Waals surface area contributed by atoms with Gasteiger partial charge in [-0.1, -0.05) is 35.3 Å². The number of nitrogens with two attached hydrogens (primary N) is 1. The summed E-state index contributed by atoms with van der Waals surface area (Å²) in [5.74, 6) is 0.681. The van der Waals surface area contributed by atoms with Gasteiger partial charge in [0.1, 0.15) is 5.82 Å². The molecule has 4 aromatic rings. The van der Waals surface area contributed by atoms with Gasteiger partial charge in [-0.15, -0.1) is 0 Å². The Kier molecular flexibility index (Phi) is 5.19. The third-order valence-corrected chi connectivity index (χ3v) is 5.79. The molecule has 0 amide bonds. The molecule has 3 aromatic carbocycles. The molecule has 0 aliphatic heterocycles. The third-order valence-electron chi connectivity index (χ3n) is 4.37. The van der Waals surface area contributed by atoms with Gasteiger partial charge in [-0.05, 0) is 60.7 Å². The summed E-state index contributed by atoms with van der Waals surface area (Å²) in [5.41, 5.74) is 3.20. The number of imidazole rings is 1. The first-order chi connectivity index (χ1) is 13.8. The van der Waals surface area contributed by atoms with Gasteiger partial charge in [0.15, 0.2) is 0 Å². The standard InChI is InChI=1S/C21H15Cl2N3O2S/c22-16-6-4-14(5-7-16)21-25-20(15-2-1-3-17(23)12-15)13-26(21)18-8-10-19(11-9-18)29(24,27)28/h1-13H,(H2,24,27,28). The quantitative estimate of drug-likeness (QED) is 0.472. The average molecular weight is 444 g/mol. The molecule has 29 heavy (non-hydrogen) atoms. The van der Waals surface area contributed by atoms with Gasteiger partial charge in [0.25, 0.3) is 0 Å². The Bertz CT molecular complexity index is 1280. The minimum absolute atomic E-state index is 0.0458. The van der Waals surface area contributed by atoms with Crippen molar-refractivity contribution >= 4 is 33.2 Å². The Hall–Kier alpha value is -2.64. The maximum atomic E-state index is 11.6. The number of sulfonamides is 1. The van der Waals surface area contributed by atoms with Crippen molar-refractivity contribution < 1.29 is 8.42 Å². The van der Waals surface area contributed by atoms with E-state index in [1.165, 1.54) is 12.1 Å². The first-order valence-corrected chi connectivity index (χ1v) is 10.9. The molecule has 5 nitrogen and oxygen atoms in total. The summed E-state index contributed by atoms with van der Waals surface area (Å²) in [7, 11) is -3.77. The highest BCUT2D eigenvalue weighted by Crippen LogP contribution is 2.30. The molecule has 4 rings (SSSR count). The molecule has 0 atom stereocenters. The van der Waals surface area contributed by atoms with Crippen LogP contribution in [0.25, 0.3) is 28.3 Å². The second-order valence-corrected chi connectivity index (χ2v) is 8.81. The number of rotatable bonds is 4. The Balaban J connectivity index is 1.88. The maximum Gasteiger partial charge on any atom is 0.238 e. The lowest BCUT2D eigenvalue weighted by atomic mass is 10.2. The fourth-order valence-electron chi connectivity index (χ4n) is 2.96. The van der Waals surface area contributed by atoms with Gasteiger partial charge >= 0.3 is 0 Å². The highest BCUT2D eigenvalue weighted by Gasteiger charge is 2.15. The molecular formula is C21H15Cl2N3O2S. The van der Waals surface area contributed by atoms with Crippen LogP contribution in [0.15, 0.2) is 83.9 Å². The van der Waals surface area contributed by atoms with Gasteiger partial charge in [0, 0.05) is 33.1 Å². The fourth-order valence-corrected chi connectivity index (χ4v) is 3.79. The largest absolute Gasteiger partial charge is 0.299 e. The number of benzene rings is 3.